The third kappa shape index (κ3) is 1.39. The van der Waals surface area contributed by atoms with Crippen LogP contribution in [0.25, 0.3) is 0 Å². The Labute approximate surface area is 76.3 Å². The third-order valence-electron chi connectivity index (χ3n) is 3.13. The van der Waals surface area contributed by atoms with Crippen molar-refractivity contribution in [2.45, 2.75) is 30.6 Å². The topological polar surface area (TPSA) is 52.5 Å². The second-order valence-corrected chi connectivity index (χ2v) is 3.94. The number of nitrogens with one attached hydrogen (secondary N) is 1. The van der Waals surface area contributed by atoms with E-state index in [1.54, 1.807) is 0 Å². The SMILES string of the molecule is O[C@H]1[C@H](O)CNC2(CC2)[C@@H]1C=CF. The van der Waals surface area contributed by atoms with Gasteiger partial charge in [-0.15, -0.1) is 0 Å². The molecule has 1 saturated heterocycles. The van der Waals surface area contributed by atoms with E-state index in [0.29, 0.717) is 12.9 Å². The van der Waals surface area contributed by atoms with E-state index in [0.717, 1.165) is 12.8 Å². The summed E-state index contributed by atoms with van der Waals surface area (Å²) in [4.78, 5) is 0. The van der Waals surface area contributed by atoms with Crippen LogP contribution in [-0.2, 0) is 0 Å². The van der Waals surface area contributed by atoms with Gasteiger partial charge in [-0.05, 0) is 18.9 Å². The van der Waals surface area contributed by atoms with Crippen LogP contribution in [0.1, 0.15) is 12.8 Å². The van der Waals surface area contributed by atoms with Gasteiger partial charge >= 0.3 is 0 Å². The van der Waals surface area contributed by atoms with Crippen LogP contribution in [0.15, 0.2) is 12.4 Å². The molecule has 1 saturated carbocycles. The largest absolute Gasteiger partial charge is 0.390 e. The van der Waals surface area contributed by atoms with Crippen LogP contribution in [-0.4, -0.2) is 34.5 Å². The molecule has 3 atom stereocenters. The van der Waals surface area contributed by atoms with Crippen molar-refractivity contribution >= 4 is 0 Å². The number of piperidine rings is 1. The summed E-state index contributed by atoms with van der Waals surface area (Å²) in [7, 11) is 0. The zero-order valence-electron chi connectivity index (χ0n) is 7.28. The van der Waals surface area contributed by atoms with Gasteiger partial charge in [0.05, 0.1) is 18.5 Å². The van der Waals surface area contributed by atoms with Gasteiger partial charge in [0.2, 0.25) is 0 Å². The Morgan fingerprint density at radius 3 is 2.62 bits per heavy atom. The summed E-state index contributed by atoms with van der Waals surface area (Å²) in [6.45, 7) is 0.401. The molecule has 0 unspecified atom stereocenters. The highest BCUT2D eigenvalue weighted by molar-refractivity contribution is 5.17. The molecule has 2 rings (SSSR count). The monoisotopic (exact) mass is 187 g/mol. The average molecular weight is 187 g/mol. The van der Waals surface area contributed by atoms with Crippen LogP contribution in [0.5, 0.6) is 0 Å². The maximum Gasteiger partial charge on any atom is 0.0929 e. The van der Waals surface area contributed by atoms with Crippen LogP contribution < -0.4 is 5.32 Å². The summed E-state index contributed by atoms with van der Waals surface area (Å²) in [5.74, 6) is -0.291. The average Bonchev–Trinajstić information content (AvgIpc) is 2.88. The molecule has 0 aromatic rings. The highest BCUT2D eigenvalue weighted by Crippen LogP contribution is 2.46. The molecule has 74 valence electrons. The summed E-state index contributed by atoms with van der Waals surface area (Å²) in [6, 6.07) is 0. The molecule has 13 heavy (non-hydrogen) atoms. The van der Waals surface area contributed by atoms with Gasteiger partial charge in [-0.2, -0.15) is 0 Å². The first-order valence-electron chi connectivity index (χ1n) is 4.58. The van der Waals surface area contributed by atoms with Gasteiger partial charge in [-0.3, -0.25) is 0 Å². The zero-order chi connectivity index (χ0) is 9.47. The maximum atomic E-state index is 12.0. The summed E-state index contributed by atoms with van der Waals surface area (Å²) in [5, 5.41) is 22.2. The predicted molar refractivity (Wildman–Crippen MR) is 45.7 cm³/mol. The van der Waals surface area contributed by atoms with E-state index < -0.39 is 12.2 Å². The molecule has 1 aliphatic carbocycles. The van der Waals surface area contributed by atoms with E-state index in [2.05, 4.69) is 5.32 Å². The van der Waals surface area contributed by atoms with Gasteiger partial charge in [-0.25, -0.2) is 4.39 Å². The molecule has 0 radical (unpaired) electrons. The Hall–Kier alpha value is -0.450. The van der Waals surface area contributed by atoms with Crippen molar-refractivity contribution in [3.8, 4) is 0 Å². The molecule has 1 spiro atoms. The number of aliphatic hydroxyl groups is 2. The lowest BCUT2D eigenvalue weighted by Gasteiger charge is -2.38. The van der Waals surface area contributed by atoms with E-state index >= 15 is 0 Å². The minimum Gasteiger partial charge on any atom is -0.390 e. The molecule has 0 aromatic carbocycles. The first-order chi connectivity index (χ1) is 6.19. The Kier molecular flexibility index (Phi) is 2.14. The van der Waals surface area contributed by atoms with Crippen molar-refractivity contribution in [1.29, 1.82) is 0 Å². The zero-order valence-corrected chi connectivity index (χ0v) is 7.28. The maximum absolute atomic E-state index is 12.0. The van der Waals surface area contributed by atoms with Crippen LogP contribution in [0.3, 0.4) is 0 Å². The number of halogens is 1. The van der Waals surface area contributed by atoms with Crippen molar-refractivity contribution < 1.29 is 14.6 Å². The number of aliphatic hydroxyl groups excluding tert-OH is 2. The first-order valence-corrected chi connectivity index (χ1v) is 4.58. The van der Waals surface area contributed by atoms with Crippen molar-refractivity contribution in [1.82, 2.24) is 5.32 Å². The number of β-amino-alcohol motifs (C(OH)–C–C–N with tert-alkyl or cyclic N) is 1. The summed E-state index contributed by atoms with van der Waals surface area (Å²) in [6.07, 6.45) is 2.07. The second-order valence-electron chi connectivity index (χ2n) is 3.94. The van der Waals surface area contributed by atoms with Crippen molar-refractivity contribution in [2.75, 3.05) is 6.54 Å². The van der Waals surface area contributed by atoms with Crippen LogP contribution in [0.4, 0.5) is 4.39 Å². The van der Waals surface area contributed by atoms with Crippen molar-refractivity contribution in [3.63, 3.8) is 0 Å². The fraction of sp³-hybridized carbons (Fsp3) is 0.778. The lowest BCUT2D eigenvalue weighted by Crippen LogP contribution is -2.57. The van der Waals surface area contributed by atoms with Gasteiger partial charge in [0.25, 0.3) is 0 Å². The fourth-order valence-corrected chi connectivity index (χ4v) is 2.13. The van der Waals surface area contributed by atoms with E-state index in [1.165, 1.54) is 6.08 Å². The molecular weight excluding hydrogens is 173 g/mol. The number of hydrogen-bond donors (Lipinski definition) is 3. The molecule has 0 aromatic heterocycles. The van der Waals surface area contributed by atoms with Gasteiger partial charge in [0.1, 0.15) is 0 Å². The van der Waals surface area contributed by atoms with Gasteiger partial charge < -0.3 is 15.5 Å². The van der Waals surface area contributed by atoms with Gasteiger partial charge in [-0.1, -0.05) is 0 Å². The molecule has 3 nitrogen and oxygen atoms in total. The van der Waals surface area contributed by atoms with Crippen molar-refractivity contribution in [2.24, 2.45) is 5.92 Å². The number of hydrogen-bond acceptors (Lipinski definition) is 3. The summed E-state index contributed by atoms with van der Waals surface area (Å²) >= 11 is 0. The van der Waals surface area contributed by atoms with Crippen LogP contribution in [0, 0.1) is 5.92 Å². The van der Waals surface area contributed by atoms with E-state index in [4.69, 9.17) is 0 Å². The summed E-state index contributed by atoms with van der Waals surface area (Å²) in [5.41, 5.74) is -0.138. The summed E-state index contributed by atoms with van der Waals surface area (Å²) < 4.78 is 12.0. The lowest BCUT2D eigenvalue weighted by molar-refractivity contribution is -0.0424. The fourth-order valence-electron chi connectivity index (χ4n) is 2.13. The smallest absolute Gasteiger partial charge is 0.0929 e. The molecule has 2 fully saturated rings. The standard InChI is InChI=1S/C9H14FNO2/c10-4-1-6-8(13)7(12)5-11-9(6)2-3-9/h1,4,6-8,11-13H,2-3,5H2/t6-,7-,8-/m1/s1. The van der Waals surface area contributed by atoms with Gasteiger partial charge in [0, 0.05) is 18.0 Å². The Morgan fingerprint density at radius 2 is 2.08 bits per heavy atom. The highest BCUT2D eigenvalue weighted by Gasteiger charge is 2.54. The molecule has 1 heterocycles. The van der Waals surface area contributed by atoms with Crippen LogP contribution >= 0.6 is 0 Å². The van der Waals surface area contributed by atoms with Crippen molar-refractivity contribution in [3.05, 3.63) is 12.4 Å². The Morgan fingerprint density at radius 1 is 1.38 bits per heavy atom. The quantitative estimate of drug-likeness (QED) is 0.539. The molecule has 4 heteroatoms. The van der Waals surface area contributed by atoms with Gasteiger partial charge in [0.15, 0.2) is 0 Å². The normalized spacial score (nSPS) is 42.8. The minimum atomic E-state index is -0.837. The molecule has 3 N–H and O–H groups in total. The lowest BCUT2D eigenvalue weighted by atomic mass is 9.84. The first kappa shape index (κ1) is 9.12. The van der Waals surface area contributed by atoms with E-state index in [1.807, 2.05) is 0 Å². The van der Waals surface area contributed by atoms with Crippen LogP contribution in [0.2, 0.25) is 0 Å². The predicted octanol–water partition coefficient (Wildman–Crippen LogP) is -0.0566. The molecule has 0 bridgehead atoms. The second kappa shape index (κ2) is 3.04. The molecule has 2 aliphatic rings. The third-order valence-corrected chi connectivity index (χ3v) is 3.13. The Bertz CT molecular complexity index is 228. The number of rotatable bonds is 1. The van der Waals surface area contributed by atoms with E-state index in [9.17, 15) is 14.6 Å². The molecule has 0 amide bonds. The molecule has 1 aliphatic heterocycles. The minimum absolute atomic E-state index is 0.138. The molecular formula is C9H14FNO2. The van der Waals surface area contributed by atoms with E-state index in [-0.39, 0.29) is 11.5 Å². The highest BCUT2D eigenvalue weighted by atomic mass is 19.1. The Balaban J connectivity index is 2.15.